The molecule has 2 N–H and O–H groups in total. The number of nitrogens with zero attached hydrogens (tertiary/aromatic N) is 1. The maximum absolute atomic E-state index is 14.1. The molecule has 0 aliphatic heterocycles. The summed E-state index contributed by atoms with van der Waals surface area (Å²) >= 11 is 0. The molecule has 1 atom stereocenters. The second kappa shape index (κ2) is 9.83. The zero-order valence-corrected chi connectivity index (χ0v) is 19.0. The van der Waals surface area contributed by atoms with E-state index < -0.39 is 34.3 Å². The van der Waals surface area contributed by atoms with Crippen LogP contribution < -0.4 is 5.32 Å². The van der Waals surface area contributed by atoms with Crippen LogP contribution >= 0.6 is 0 Å². The van der Waals surface area contributed by atoms with Gasteiger partial charge in [-0.2, -0.15) is 13.2 Å². The predicted molar refractivity (Wildman–Crippen MR) is 131 cm³/mol. The normalized spacial score (nSPS) is 13.6. The minimum atomic E-state index is -5.30. The van der Waals surface area contributed by atoms with Crippen LogP contribution in [-0.2, 0) is 11.1 Å². The van der Waals surface area contributed by atoms with Crippen molar-refractivity contribution in [1.82, 2.24) is 0 Å². The van der Waals surface area contributed by atoms with Crippen LogP contribution in [0.3, 0.4) is 0 Å². The Kier molecular flexibility index (Phi) is 6.81. The Morgan fingerprint density at radius 2 is 1.08 bits per heavy atom. The van der Waals surface area contributed by atoms with Crippen LogP contribution in [0.4, 0.5) is 18.9 Å². The van der Waals surface area contributed by atoms with Gasteiger partial charge in [-0.05, 0) is 22.8 Å². The van der Waals surface area contributed by atoms with Crippen molar-refractivity contribution in [3.63, 3.8) is 0 Å². The fraction of sp³-hybridized carbons (Fsp3) is 0.143. The molecule has 0 amide bonds. The van der Waals surface area contributed by atoms with Gasteiger partial charge in [0.2, 0.25) is 6.54 Å². The van der Waals surface area contributed by atoms with Crippen molar-refractivity contribution in [1.29, 1.82) is 0 Å². The van der Waals surface area contributed by atoms with Crippen molar-refractivity contribution in [2.75, 3.05) is 11.9 Å². The van der Waals surface area contributed by atoms with E-state index in [-0.39, 0.29) is 5.69 Å². The van der Waals surface area contributed by atoms with Gasteiger partial charge in [0.1, 0.15) is 5.54 Å². The smallest absolute Gasteiger partial charge is 0.371 e. The summed E-state index contributed by atoms with van der Waals surface area (Å²) in [6.07, 6.45) is -5.30. The van der Waals surface area contributed by atoms with E-state index in [1.54, 1.807) is 0 Å². The highest BCUT2D eigenvalue weighted by atomic mass is 19.4. The van der Waals surface area contributed by atoms with E-state index in [2.05, 4.69) is 5.32 Å². The highest BCUT2D eigenvalue weighted by molar-refractivity contribution is 5.64. The van der Waals surface area contributed by atoms with Gasteiger partial charge in [-0.1, -0.05) is 109 Å². The van der Waals surface area contributed by atoms with Gasteiger partial charge in [0.25, 0.3) is 5.60 Å². The Morgan fingerprint density at radius 1 is 0.694 bits per heavy atom. The molecule has 0 saturated heterocycles. The van der Waals surface area contributed by atoms with Gasteiger partial charge in [0.15, 0.2) is 0 Å². The molecule has 0 saturated carbocycles. The minimum Gasteiger partial charge on any atom is -0.371 e. The summed E-state index contributed by atoms with van der Waals surface area (Å²) in [5.74, 6) is 0. The van der Waals surface area contributed by atoms with Crippen LogP contribution in [0.2, 0.25) is 0 Å². The Labute approximate surface area is 206 Å². The topological polar surface area (TPSA) is 75.4 Å². The van der Waals surface area contributed by atoms with Crippen LogP contribution in [0.5, 0.6) is 0 Å². The van der Waals surface area contributed by atoms with Crippen molar-refractivity contribution in [2.45, 2.75) is 17.3 Å². The lowest BCUT2D eigenvalue weighted by molar-refractivity contribution is -0.518. The first kappa shape index (κ1) is 24.9. The summed E-state index contributed by atoms with van der Waals surface area (Å²) in [4.78, 5) is 10.1. The minimum absolute atomic E-state index is 0.0873. The highest BCUT2D eigenvalue weighted by Crippen LogP contribution is 2.46. The fourth-order valence-corrected chi connectivity index (χ4v) is 4.45. The van der Waals surface area contributed by atoms with Gasteiger partial charge in [-0.25, -0.2) is 0 Å². The highest BCUT2D eigenvalue weighted by Gasteiger charge is 2.60. The number of para-hydroxylation sites is 1. The summed E-state index contributed by atoms with van der Waals surface area (Å²) in [6, 6.07) is 32.8. The standard InChI is InChI=1S/C28H23F3N2O3/c29-28(30,31)26(34,20-33(35)36)24-18-10-11-19-25(24)32-27(21-12-4-1-5-13-21,22-14-6-2-7-15-22)23-16-8-3-9-17-23/h1-19,32,34H,20H2. The maximum Gasteiger partial charge on any atom is 0.428 e. The van der Waals surface area contributed by atoms with Gasteiger partial charge in [-0.3, -0.25) is 10.1 Å². The molecule has 8 heteroatoms. The number of alkyl halides is 3. The van der Waals surface area contributed by atoms with E-state index in [1.807, 2.05) is 91.0 Å². The molecular formula is C28H23F3N2O3. The molecule has 0 radical (unpaired) electrons. The van der Waals surface area contributed by atoms with E-state index in [4.69, 9.17) is 0 Å². The summed E-state index contributed by atoms with van der Waals surface area (Å²) in [5.41, 5.74) is -3.46. The zero-order chi connectivity index (χ0) is 25.8. The zero-order valence-electron chi connectivity index (χ0n) is 19.0. The third kappa shape index (κ3) is 4.55. The molecule has 0 aliphatic carbocycles. The molecule has 4 aromatic carbocycles. The first-order valence-corrected chi connectivity index (χ1v) is 11.1. The monoisotopic (exact) mass is 492 g/mol. The molecule has 0 bridgehead atoms. The van der Waals surface area contributed by atoms with Crippen molar-refractivity contribution >= 4 is 5.69 Å². The molecule has 0 fully saturated rings. The molecule has 0 spiro atoms. The van der Waals surface area contributed by atoms with Crippen molar-refractivity contribution in [3.8, 4) is 0 Å². The molecule has 4 aromatic rings. The summed E-state index contributed by atoms with van der Waals surface area (Å²) in [5, 5.41) is 25.3. The van der Waals surface area contributed by atoms with E-state index >= 15 is 0 Å². The number of benzene rings is 4. The lowest BCUT2D eigenvalue weighted by atomic mass is 9.76. The van der Waals surface area contributed by atoms with Crippen LogP contribution in [0.25, 0.3) is 0 Å². The number of hydrogen-bond donors (Lipinski definition) is 2. The Balaban J connectivity index is 2.02. The van der Waals surface area contributed by atoms with E-state index in [1.165, 1.54) is 18.2 Å². The van der Waals surface area contributed by atoms with E-state index in [0.717, 1.165) is 22.8 Å². The summed E-state index contributed by atoms with van der Waals surface area (Å²) in [7, 11) is 0. The molecule has 0 aliphatic rings. The first-order chi connectivity index (χ1) is 17.2. The molecule has 4 rings (SSSR count). The van der Waals surface area contributed by atoms with E-state index in [9.17, 15) is 28.4 Å². The SMILES string of the molecule is O=[N+]([O-])CC(O)(c1ccccc1NC(c1ccccc1)(c1ccccc1)c1ccccc1)C(F)(F)F. The van der Waals surface area contributed by atoms with Crippen LogP contribution in [0.1, 0.15) is 22.3 Å². The van der Waals surface area contributed by atoms with Gasteiger partial charge in [-0.15, -0.1) is 0 Å². The lowest BCUT2D eigenvalue weighted by Gasteiger charge is -2.39. The molecule has 184 valence electrons. The number of nitrogens with one attached hydrogen (secondary N) is 1. The van der Waals surface area contributed by atoms with Gasteiger partial charge < -0.3 is 10.4 Å². The Bertz CT molecular complexity index is 1220. The Hall–Kier alpha value is -4.17. The molecule has 1 unspecified atom stereocenters. The maximum atomic E-state index is 14.1. The molecular weight excluding hydrogens is 469 g/mol. The van der Waals surface area contributed by atoms with Gasteiger partial charge >= 0.3 is 6.18 Å². The number of rotatable bonds is 8. The van der Waals surface area contributed by atoms with Crippen molar-refractivity contribution < 1.29 is 23.2 Å². The second-order valence-electron chi connectivity index (χ2n) is 8.37. The number of hydrogen-bond acceptors (Lipinski definition) is 4. The lowest BCUT2D eigenvalue weighted by Crippen LogP contribution is -2.49. The number of halogens is 3. The van der Waals surface area contributed by atoms with Crippen molar-refractivity contribution in [3.05, 3.63) is 148 Å². The fourth-order valence-electron chi connectivity index (χ4n) is 4.45. The third-order valence-electron chi connectivity index (χ3n) is 6.14. The number of aliphatic hydroxyl groups is 1. The predicted octanol–water partition coefficient (Wildman–Crippen LogP) is 6.12. The molecule has 5 nitrogen and oxygen atoms in total. The molecule has 36 heavy (non-hydrogen) atoms. The van der Waals surface area contributed by atoms with Gasteiger partial charge in [0, 0.05) is 16.2 Å². The largest absolute Gasteiger partial charge is 0.428 e. The summed E-state index contributed by atoms with van der Waals surface area (Å²) in [6.45, 7) is -1.73. The van der Waals surface area contributed by atoms with Crippen LogP contribution in [0, 0.1) is 10.1 Å². The molecule has 0 heterocycles. The number of nitro groups is 1. The van der Waals surface area contributed by atoms with Gasteiger partial charge in [0.05, 0.1) is 0 Å². The quantitative estimate of drug-likeness (QED) is 0.177. The Morgan fingerprint density at radius 3 is 1.47 bits per heavy atom. The first-order valence-electron chi connectivity index (χ1n) is 11.1. The van der Waals surface area contributed by atoms with E-state index in [0.29, 0.717) is 0 Å². The summed E-state index contributed by atoms with van der Waals surface area (Å²) < 4.78 is 42.4. The van der Waals surface area contributed by atoms with Crippen molar-refractivity contribution in [2.24, 2.45) is 0 Å². The third-order valence-corrected chi connectivity index (χ3v) is 6.14. The number of anilines is 1. The van der Waals surface area contributed by atoms with Crippen LogP contribution in [0.15, 0.2) is 115 Å². The average Bonchev–Trinajstić information content (AvgIpc) is 2.88. The average molecular weight is 492 g/mol. The molecule has 0 aromatic heterocycles. The second-order valence-corrected chi connectivity index (χ2v) is 8.37. The van der Waals surface area contributed by atoms with Crippen LogP contribution in [-0.4, -0.2) is 22.8 Å².